The van der Waals surface area contributed by atoms with Crippen LogP contribution in [0.2, 0.25) is 0 Å². The number of rotatable bonds is 40. The first-order chi connectivity index (χ1) is 28.9. The second kappa shape index (κ2) is 36.2. The lowest BCUT2D eigenvalue weighted by atomic mass is 10.0. The van der Waals surface area contributed by atoms with Crippen molar-refractivity contribution < 1.29 is 49.1 Å². The number of nitrogens with zero attached hydrogens (tertiary/aromatic N) is 2. The number of esters is 2. The number of unbranched alkanes of at least 4 members (excludes halogenated alkanes) is 12. The van der Waals surface area contributed by atoms with Crippen molar-refractivity contribution in [1.29, 1.82) is 0 Å². The minimum absolute atomic E-state index is 0.0548. The van der Waals surface area contributed by atoms with Crippen LogP contribution in [0.25, 0.3) is 0 Å². The standard InChI is InChI=1S/C46H88N4O10/c1-5-9-13-17-21-37(51)33-49(34-38(52)22-18-14-10-6-2)29-31-59-43(55)27-25-41-45(57)48-42(46(58)47-41)26-28-44(56)60-32-30-50(35-39(53)23-19-15-11-7-3)36-40(54)24-20-16-12-8-4/h37-42,51-54H,5-36H2,1-4H3,(H,47,58)(H,48,57). The summed E-state index contributed by atoms with van der Waals surface area (Å²) in [7, 11) is 0. The molecule has 1 aliphatic rings. The molecule has 14 heteroatoms. The zero-order valence-corrected chi connectivity index (χ0v) is 38.2. The van der Waals surface area contributed by atoms with Gasteiger partial charge >= 0.3 is 11.9 Å². The van der Waals surface area contributed by atoms with Crippen LogP contribution in [0, 0.1) is 0 Å². The Hall–Kier alpha value is -2.36. The van der Waals surface area contributed by atoms with Crippen molar-refractivity contribution in [2.24, 2.45) is 0 Å². The molecule has 6 unspecified atom stereocenters. The Balaban J connectivity index is 2.51. The van der Waals surface area contributed by atoms with Gasteiger partial charge in [-0.25, -0.2) is 0 Å². The van der Waals surface area contributed by atoms with Crippen molar-refractivity contribution in [2.45, 2.75) is 218 Å². The van der Waals surface area contributed by atoms with Gasteiger partial charge in [0.1, 0.15) is 25.3 Å². The van der Waals surface area contributed by atoms with E-state index in [9.17, 15) is 39.6 Å². The van der Waals surface area contributed by atoms with E-state index in [1.54, 1.807) is 0 Å². The van der Waals surface area contributed by atoms with E-state index in [1.165, 1.54) is 0 Å². The quantitative estimate of drug-likeness (QED) is 0.0333. The van der Waals surface area contributed by atoms with E-state index in [-0.39, 0.29) is 38.9 Å². The van der Waals surface area contributed by atoms with Gasteiger partial charge in [0, 0.05) is 52.1 Å². The van der Waals surface area contributed by atoms with Crippen LogP contribution in [0.5, 0.6) is 0 Å². The Kier molecular flexibility index (Phi) is 33.5. The van der Waals surface area contributed by atoms with Crippen LogP contribution in [0.4, 0.5) is 0 Å². The molecule has 0 spiro atoms. The van der Waals surface area contributed by atoms with Gasteiger partial charge in [0.15, 0.2) is 0 Å². The predicted molar refractivity (Wildman–Crippen MR) is 236 cm³/mol. The maximum Gasteiger partial charge on any atom is 0.305 e. The third kappa shape index (κ3) is 29.0. The molecule has 60 heavy (non-hydrogen) atoms. The van der Waals surface area contributed by atoms with Gasteiger partial charge in [-0.3, -0.25) is 29.0 Å². The maximum absolute atomic E-state index is 12.9. The molecule has 1 aliphatic heterocycles. The van der Waals surface area contributed by atoms with Crippen molar-refractivity contribution in [3.05, 3.63) is 0 Å². The third-order valence-electron chi connectivity index (χ3n) is 11.3. The predicted octanol–water partition coefficient (Wildman–Crippen LogP) is 5.55. The van der Waals surface area contributed by atoms with Crippen LogP contribution in [0.15, 0.2) is 0 Å². The Morgan fingerprint density at radius 1 is 0.500 bits per heavy atom. The summed E-state index contributed by atoms with van der Waals surface area (Å²) in [6.07, 6.45) is 17.6. The summed E-state index contributed by atoms with van der Waals surface area (Å²) in [4.78, 5) is 54.9. The molecule has 1 heterocycles. The number of nitrogens with one attached hydrogen (secondary N) is 2. The van der Waals surface area contributed by atoms with E-state index < -0.39 is 60.3 Å². The largest absolute Gasteiger partial charge is 0.464 e. The van der Waals surface area contributed by atoms with Crippen LogP contribution in [-0.4, -0.2) is 143 Å². The normalized spacial score (nSPS) is 17.6. The second-order valence-corrected chi connectivity index (χ2v) is 17.2. The summed E-state index contributed by atoms with van der Waals surface area (Å²) in [5, 5.41) is 48.0. The number of hydrogen-bond donors (Lipinski definition) is 6. The van der Waals surface area contributed by atoms with Gasteiger partial charge in [-0.05, 0) is 38.5 Å². The van der Waals surface area contributed by atoms with Crippen molar-refractivity contribution >= 4 is 23.8 Å². The maximum atomic E-state index is 12.9. The average Bonchev–Trinajstić information content (AvgIpc) is 3.21. The zero-order chi connectivity index (χ0) is 44.4. The van der Waals surface area contributed by atoms with Crippen molar-refractivity contribution in [3.8, 4) is 0 Å². The number of ether oxygens (including phenoxy) is 2. The van der Waals surface area contributed by atoms with E-state index in [2.05, 4.69) is 38.3 Å². The number of carbonyl (C=O) groups is 4. The second-order valence-electron chi connectivity index (χ2n) is 17.2. The molecule has 0 saturated carbocycles. The van der Waals surface area contributed by atoms with E-state index in [4.69, 9.17) is 9.47 Å². The lowest BCUT2D eigenvalue weighted by molar-refractivity contribution is -0.147. The number of carbonyl (C=O) groups excluding carboxylic acids is 4. The first kappa shape index (κ1) is 55.7. The number of hydrogen-bond acceptors (Lipinski definition) is 12. The molecule has 352 valence electrons. The van der Waals surface area contributed by atoms with Gasteiger partial charge in [-0.2, -0.15) is 0 Å². The van der Waals surface area contributed by atoms with Gasteiger partial charge in [0.25, 0.3) is 0 Å². The molecule has 0 radical (unpaired) electrons. The van der Waals surface area contributed by atoms with Crippen LogP contribution in [-0.2, 0) is 28.7 Å². The molecule has 0 aromatic carbocycles. The molecule has 6 atom stereocenters. The highest BCUT2D eigenvalue weighted by Gasteiger charge is 2.34. The Morgan fingerprint density at radius 2 is 0.783 bits per heavy atom. The third-order valence-corrected chi connectivity index (χ3v) is 11.3. The molecule has 14 nitrogen and oxygen atoms in total. The molecule has 2 amide bonds. The van der Waals surface area contributed by atoms with Crippen molar-refractivity contribution in [2.75, 3.05) is 52.5 Å². The van der Waals surface area contributed by atoms with Gasteiger partial charge in [0.2, 0.25) is 11.8 Å². The highest BCUT2D eigenvalue weighted by molar-refractivity contribution is 5.97. The molecule has 0 aliphatic carbocycles. The Bertz CT molecular complexity index is 993. The minimum Gasteiger partial charge on any atom is -0.464 e. The van der Waals surface area contributed by atoms with Crippen LogP contribution < -0.4 is 10.6 Å². The topological polar surface area (TPSA) is 198 Å². The highest BCUT2D eigenvalue weighted by atomic mass is 16.5. The lowest BCUT2D eigenvalue weighted by Gasteiger charge is -2.29. The molecule has 1 rings (SSSR count). The van der Waals surface area contributed by atoms with Gasteiger partial charge < -0.3 is 40.5 Å². The number of amides is 2. The first-order valence-electron chi connectivity index (χ1n) is 24.0. The monoisotopic (exact) mass is 857 g/mol. The summed E-state index contributed by atoms with van der Waals surface area (Å²) in [5.41, 5.74) is 0. The zero-order valence-electron chi connectivity index (χ0n) is 38.2. The molecule has 1 fully saturated rings. The Morgan fingerprint density at radius 3 is 1.05 bits per heavy atom. The molecular formula is C46H88N4O10. The van der Waals surface area contributed by atoms with Crippen molar-refractivity contribution in [1.82, 2.24) is 20.4 Å². The fraction of sp³-hybridized carbons (Fsp3) is 0.913. The summed E-state index contributed by atoms with van der Waals surface area (Å²) >= 11 is 0. The number of aliphatic hydroxyl groups excluding tert-OH is 4. The van der Waals surface area contributed by atoms with E-state index in [0.717, 1.165) is 103 Å². The van der Waals surface area contributed by atoms with Crippen LogP contribution in [0.3, 0.4) is 0 Å². The van der Waals surface area contributed by atoms with Crippen LogP contribution in [0.1, 0.15) is 182 Å². The smallest absolute Gasteiger partial charge is 0.305 e. The number of piperazine rings is 1. The van der Waals surface area contributed by atoms with Gasteiger partial charge in [0.05, 0.1) is 24.4 Å². The molecule has 0 aromatic heterocycles. The van der Waals surface area contributed by atoms with Gasteiger partial charge in [-0.15, -0.1) is 0 Å². The molecule has 0 bridgehead atoms. The van der Waals surface area contributed by atoms with Crippen LogP contribution >= 0.6 is 0 Å². The highest BCUT2D eigenvalue weighted by Crippen LogP contribution is 2.14. The average molecular weight is 857 g/mol. The molecule has 6 N–H and O–H groups in total. The minimum atomic E-state index is -0.912. The fourth-order valence-corrected chi connectivity index (χ4v) is 7.63. The number of aliphatic hydroxyl groups is 4. The lowest BCUT2D eigenvalue weighted by Crippen LogP contribution is -2.61. The Labute approximate surface area is 363 Å². The first-order valence-corrected chi connectivity index (χ1v) is 24.0. The van der Waals surface area contributed by atoms with E-state index in [1.807, 2.05) is 9.80 Å². The SMILES string of the molecule is CCCCCCC(O)CN(CCOC(=O)CCC1NC(=O)C(CCC(=O)OCCN(CC(O)CCCCCC)CC(O)CCCCCC)NC1=O)CC(O)CCCCCC. The molecular weight excluding hydrogens is 769 g/mol. The van der Waals surface area contributed by atoms with Crippen molar-refractivity contribution in [3.63, 3.8) is 0 Å². The summed E-state index contributed by atoms with van der Waals surface area (Å²) in [5.74, 6) is -1.90. The van der Waals surface area contributed by atoms with E-state index in [0.29, 0.717) is 65.0 Å². The summed E-state index contributed by atoms with van der Waals surface area (Å²) in [6.45, 7) is 11.0. The molecule has 1 saturated heterocycles. The fourth-order valence-electron chi connectivity index (χ4n) is 7.63. The van der Waals surface area contributed by atoms with E-state index >= 15 is 0 Å². The van der Waals surface area contributed by atoms with Gasteiger partial charge in [-0.1, -0.05) is 130 Å². The summed E-state index contributed by atoms with van der Waals surface area (Å²) in [6, 6.07) is -1.82. The molecule has 0 aromatic rings. The summed E-state index contributed by atoms with van der Waals surface area (Å²) < 4.78 is 10.9.